The van der Waals surface area contributed by atoms with Crippen molar-refractivity contribution in [1.82, 2.24) is 13.5 Å². The van der Waals surface area contributed by atoms with Crippen molar-refractivity contribution >= 4 is 41.1 Å². The molecular formula is C24H23ClN4O2S. The summed E-state index contributed by atoms with van der Waals surface area (Å²) in [6.07, 6.45) is 5.61. The molecule has 8 heteroatoms. The van der Waals surface area contributed by atoms with Crippen molar-refractivity contribution in [3.8, 4) is 11.1 Å². The fourth-order valence-corrected chi connectivity index (χ4v) is 4.68. The molecular weight excluding hydrogens is 444 g/mol. The highest BCUT2D eigenvalue weighted by Crippen LogP contribution is 2.32. The lowest BCUT2D eigenvalue weighted by Gasteiger charge is -2.28. The number of fused-ring (bicyclic) bond motifs is 1. The van der Waals surface area contributed by atoms with Gasteiger partial charge in [-0.1, -0.05) is 36.5 Å². The molecule has 164 valence electrons. The first-order valence-electron chi connectivity index (χ1n) is 10.5. The van der Waals surface area contributed by atoms with E-state index in [1.807, 2.05) is 55.8 Å². The van der Waals surface area contributed by atoms with E-state index in [1.54, 1.807) is 14.6 Å². The predicted octanol–water partition coefficient (Wildman–Crippen LogP) is 4.66. The molecule has 0 amide bonds. The number of anilines is 1. The van der Waals surface area contributed by atoms with Crippen molar-refractivity contribution in [1.29, 1.82) is 0 Å². The number of aromatic nitrogens is 3. The Labute approximate surface area is 196 Å². The number of rotatable bonds is 4. The Balaban J connectivity index is 1.53. The average Bonchev–Trinajstić information content (AvgIpc) is 3.15. The lowest BCUT2D eigenvalue weighted by Crippen LogP contribution is -2.36. The molecule has 0 aliphatic carbocycles. The number of ether oxygens (including phenoxy) is 1. The number of pyridine rings is 2. The van der Waals surface area contributed by atoms with Crippen molar-refractivity contribution in [2.75, 3.05) is 31.2 Å². The highest BCUT2D eigenvalue weighted by molar-refractivity contribution is 7.78. The number of hydrogen-bond donors (Lipinski definition) is 1. The topological polar surface area (TPSA) is 52.3 Å². The molecule has 1 aromatic carbocycles. The smallest absolute Gasteiger partial charge is 0.251 e. The standard InChI is InChI=1S/C24H23ClN4O2S/c1-16(17-3-2-4-19(25)11-17)28-6-5-18(12-23(28)30)22-15-29(32)24-21(22)13-20(14-26-24)27-7-9-31-10-8-27/h2-6,11-16,32H,7-10H2,1H3. The molecule has 0 saturated carbocycles. The Morgan fingerprint density at radius 2 is 1.97 bits per heavy atom. The second-order valence-electron chi connectivity index (χ2n) is 7.94. The highest BCUT2D eigenvalue weighted by Gasteiger charge is 2.17. The first-order valence-corrected chi connectivity index (χ1v) is 11.3. The first kappa shape index (κ1) is 21.1. The van der Waals surface area contributed by atoms with Gasteiger partial charge in [0.2, 0.25) is 0 Å². The van der Waals surface area contributed by atoms with E-state index in [2.05, 4.69) is 28.8 Å². The minimum absolute atomic E-state index is 0.0765. The van der Waals surface area contributed by atoms with Crippen LogP contribution >= 0.6 is 24.4 Å². The Morgan fingerprint density at radius 3 is 2.72 bits per heavy atom. The molecule has 0 bridgehead atoms. The van der Waals surface area contributed by atoms with E-state index in [1.165, 1.54) is 0 Å². The second-order valence-corrected chi connectivity index (χ2v) is 8.81. The molecule has 0 spiro atoms. The lowest BCUT2D eigenvalue weighted by atomic mass is 10.1. The second kappa shape index (κ2) is 8.65. The largest absolute Gasteiger partial charge is 0.378 e. The average molecular weight is 467 g/mol. The summed E-state index contributed by atoms with van der Waals surface area (Å²) >= 11 is 10.7. The van der Waals surface area contributed by atoms with Crippen LogP contribution in [-0.2, 0) is 4.74 Å². The number of morpholine rings is 1. The van der Waals surface area contributed by atoms with Gasteiger partial charge < -0.3 is 14.2 Å². The summed E-state index contributed by atoms with van der Waals surface area (Å²) in [6.45, 7) is 5.08. The summed E-state index contributed by atoms with van der Waals surface area (Å²) in [4.78, 5) is 19.9. The SMILES string of the molecule is CC(c1cccc(Cl)c1)n1ccc(-c2cn(S)c3ncc(N4CCOCC4)cc23)cc1=O. The number of halogens is 1. The number of thiol groups is 1. The van der Waals surface area contributed by atoms with Gasteiger partial charge in [-0.2, -0.15) is 0 Å². The van der Waals surface area contributed by atoms with Gasteiger partial charge in [-0.15, -0.1) is 0 Å². The summed E-state index contributed by atoms with van der Waals surface area (Å²) in [5, 5.41) is 1.62. The molecule has 3 aromatic heterocycles. The van der Waals surface area contributed by atoms with Gasteiger partial charge in [0.1, 0.15) is 0 Å². The zero-order chi connectivity index (χ0) is 22.2. The van der Waals surface area contributed by atoms with Crippen molar-refractivity contribution in [3.63, 3.8) is 0 Å². The fraction of sp³-hybridized carbons (Fsp3) is 0.250. The molecule has 1 unspecified atom stereocenters. The van der Waals surface area contributed by atoms with Crippen LogP contribution < -0.4 is 10.5 Å². The van der Waals surface area contributed by atoms with Gasteiger partial charge in [0, 0.05) is 47.5 Å². The van der Waals surface area contributed by atoms with E-state index < -0.39 is 0 Å². The van der Waals surface area contributed by atoms with Crippen LogP contribution in [-0.4, -0.2) is 39.8 Å². The Morgan fingerprint density at radius 1 is 1.16 bits per heavy atom. The molecule has 32 heavy (non-hydrogen) atoms. The van der Waals surface area contributed by atoms with Crippen LogP contribution in [0.4, 0.5) is 5.69 Å². The molecule has 1 fully saturated rings. The van der Waals surface area contributed by atoms with Crippen molar-refractivity contribution in [2.24, 2.45) is 0 Å². The normalized spacial score (nSPS) is 15.3. The lowest BCUT2D eigenvalue weighted by molar-refractivity contribution is 0.122. The van der Waals surface area contributed by atoms with Crippen LogP contribution in [0.2, 0.25) is 5.02 Å². The maximum absolute atomic E-state index is 13.0. The minimum atomic E-state index is -0.129. The molecule has 1 aliphatic rings. The molecule has 1 aliphatic heterocycles. The van der Waals surface area contributed by atoms with Gasteiger partial charge in [0.25, 0.3) is 5.56 Å². The molecule has 0 N–H and O–H groups in total. The van der Waals surface area contributed by atoms with Crippen molar-refractivity contribution < 1.29 is 4.74 Å². The third-order valence-electron chi connectivity index (χ3n) is 5.99. The van der Waals surface area contributed by atoms with E-state index in [4.69, 9.17) is 16.3 Å². The number of benzene rings is 1. The Bertz CT molecular complexity index is 1340. The first-order chi connectivity index (χ1) is 15.5. The third-order valence-corrected chi connectivity index (χ3v) is 6.53. The highest BCUT2D eigenvalue weighted by atomic mass is 35.5. The quantitative estimate of drug-likeness (QED) is 0.444. The Hall–Kier alpha value is -2.74. The van der Waals surface area contributed by atoms with E-state index >= 15 is 0 Å². The van der Waals surface area contributed by atoms with Crippen LogP contribution in [0, 0.1) is 0 Å². The van der Waals surface area contributed by atoms with Gasteiger partial charge in [-0.25, -0.2) is 4.98 Å². The van der Waals surface area contributed by atoms with E-state index in [-0.39, 0.29) is 11.6 Å². The molecule has 4 heterocycles. The summed E-state index contributed by atoms with van der Waals surface area (Å²) in [6, 6.07) is 13.2. The molecule has 6 nitrogen and oxygen atoms in total. The van der Waals surface area contributed by atoms with Gasteiger partial charge in [-0.05, 0) is 42.3 Å². The molecule has 1 atom stereocenters. The van der Waals surface area contributed by atoms with Gasteiger partial charge in [-0.3, -0.25) is 8.77 Å². The predicted molar refractivity (Wildman–Crippen MR) is 132 cm³/mol. The van der Waals surface area contributed by atoms with E-state index in [9.17, 15) is 4.79 Å². The zero-order valence-electron chi connectivity index (χ0n) is 17.6. The third kappa shape index (κ3) is 3.92. The summed E-state index contributed by atoms with van der Waals surface area (Å²) in [5.74, 6) is 0. The molecule has 0 radical (unpaired) electrons. The van der Waals surface area contributed by atoms with Gasteiger partial charge in [0.15, 0.2) is 5.65 Å². The van der Waals surface area contributed by atoms with Crippen LogP contribution in [0.5, 0.6) is 0 Å². The summed E-state index contributed by atoms with van der Waals surface area (Å²) in [5.41, 5.74) is 4.48. The number of nitrogens with zero attached hydrogens (tertiary/aromatic N) is 4. The van der Waals surface area contributed by atoms with Gasteiger partial charge in [0.05, 0.1) is 31.1 Å². The van der Waals surface area contributed by atoms with Crippen LogP contribution in [0.1, 0.15) is 18.5 Å². The van der Waals surface area contributed by atoms with Crippen LogP contribution in [0.25, 0.3) is 22.2 Å². The molecule has 4 aromatic rings. The Kier molecular flexibility index (Phi) is 5.71. The zero-order valence-corrected chi connectivity index (χ0v) is 19.3. The monoisotopic (exact) mass is 466 g/mol. The molecule has 1 saturated heterocycles. The molecule has 5 rings (SSSR count). The minimum Gasteiger partial charge on any atom is -0.378 e. The van der Waals surface area contributed by atoms with E-state index in [0.29, 0.717) is 18.2 Å². The van der Waals surface area contributed by atoms with Crippen LogP contribution in [0.15, 0.2) is 65.8 Å². The summed E-state index contributed by atoms with van der Waals surface area (Å²) in [7, 11) is 0. The van der Waals surface area contributed by atoms with Crippen molar-refractivity contribution in [3.05, 3.63) is 82.0 Å². The summed E-state index contributed by atoms with van der Waals surface area (Å²) < 4.78 is 8.88. The van der Waals surface area contributed by atoms with Crippen LogP contribution in [0.3, 0.4) is 0 Å². The fourth-order valence-electron chi connectivity index (χ4n) is 4.21. The van der Waals surface area contributed by atoms with Crippen molar-refractivity contribution in [2.45, 2.75) is 13.0 Å². The van der Waals surface area contributed by atoms with Gasteiger partial charge >= 0.3 is 0 Å². The number of hydrogen-bond acceptors (Lipinski definition) is 5. The van der Waals surface area contributed by atoms with E-state index in [0.717, 1.165) is 46.5 Å². The maximum Gasteiger partial charge on any atom is 0.251 e. The maximum atomic E-state index is 13.0.